The lowest BCUT2D eigenvalue weighted by Gasteiger charge is -2.37. The number of benzene rings is 2. The van der Waals surface area contributed by atoms with Crippen LogP contribution in [0.1, 0.15) is 30.0 Å². The second-order valence-corrected chi connectivity index (χ2v) is 10.6. The van der Waals surface area contributed by atoms with E-state index in [1.54, 1.807) is 11.3 Å². The zero-order valence-corrected chi connectivity index (χ0v) is 20.2. The lowest BCUT2D eigenvalue weighted by Crippen LogP contribution is -2.50. The molecule has 6 rings (SSSR count). The average molecular weight is 526 g/mol. The molecule has 33 heavy (non-hydrogen) atoms. The Balaban J connectivity index is 1.51. The highest BCUT2D eigenvalue weighted by atomic mass is 79.9. The number of carbonyl (C=O) groups is 2. The first-order valence-corrected chi connectivity index (χ1v) is 12.3. The van der Waals surface area contributed by atoms with Gasteiger partial charge in [-0.25, -0.2) is 5.53 Å². The van der Waals surface area contributed by atoms with Gasteiger partial charge in [-0.05, 0) is 47.8 Å². The topological polar surface area (TPSA) is 106 Å². The lowest BCUT2D eigenvalue weighted by molar-refractivity contribution is -0.141. The van der Waals surface area contributed by atoms with Crippen LogP contribution < -0.4 is 10.9 Å². The van der Waals surface area contributed by atoms with Gasteiger partial charge in [0.2, 0.25) is 11.6 Å². The first-order chi connectivity index (χ1) is 15.8. The summed E-state index contributed by atoms with van der Waals surface area (Å²) in [5.74, 6) is -1.68. The molecule has 1 aliphatic heterocycles. The minimum atomic E-state index is -1.06. The molecule has 3 unspecified atom stereocenters. The number of rotatable bonds is 4. The van der Waals surface area contributed by atoms with E-state index in [0.29, 0.717) is 6.42 Å². The number of hydrazine groups is 1. The van der Waals surface area contributed by atoms with Crippen molar-refractivity contribution in [3.05, 3.63) is 57.6 Å². The maximum absolute atomic E-state index is 12.8. The van der Waals surface area contributed by atoms with Crippen molar-refractivity contribution in [2.24, 2.45) is 16.3 Å². The molecular formula is C23H20BrN5O3S. The number of thiophene rings is 1. The molecule has 2 aliphatic carbocycles. The van der Waals surface area contributed by atoms with Crippen molar-refractivity contribution in [3.63, 3.8) is 0 Å². The number of nitrogens with one attached hydrogen (secondary N) is 2. The summed E-state index contributed by atoms with van der Waals surface area (Å²) in [5.41, 5.74) is 6.34. The van der Waals surface area contributed by atoms with Gasteiger partial charge in [-0.3, -0.25) is 9.59 Å². The van der Waals surface area contributed by atoms with Crippen LogP contribution in [0.25, 0.3) is 20.5 Å². The zero-order chi connectivity index (χ0) is 23.1. The average Bonchev–Trinajstić information content (AvgIpc) is 3.38. The van der Waals surface area contributed by atoms with E-state index in [-0.39, 0.29) is 17.9 Å². The van der Waals surface area contributed by atoms with Crippen LogP contribution in [0.3, 0.4) is 0 Å². The Morgan fingerprint density at radius 2 is 2.12 bits per heavy atom. The Hall–Kier alpha value is -2.82. The first-order valence-electron chi connectivity index (χ1n) is 10.7. The van der Waals surface area contributed by atoms with E-state index in [2.05, 4.69) is 63.2 Å². The third-order valence-electron chi connectivity index (χ3n) is 6.75. The van der Waals surface area contributed by atoms with Crippen molar-refractivity contribution in [2.45, 2.75) is 38.0 Å². The molecule has 3 N–H and O–H groups in total. The van der Waals surface area contributed by atoms with Gasteiger partial charge >= 0.3 is 5.97 Å². The molecule has 1 spiro atoms. The highest BCUT2D eigenvalue weighted by molar-refractivity contribution is 9.10. The predicted molar refractivity (Wildman–Crippen MR) is 127 cm³/mol. The normalized spacial score (nSPS) is 25.7. The second-order valence-electron chi connectivity index (χ2n) is 8.74. The van der Waals surface area contributed by atoms with E-state index in [0.717, 1.165) is 41.7 Å². The fourth-order valence-electron chi connectivity index (χ4n) is 5.06. The van der Waals surface area contributed by atoms with Crippen LogP contribution in [0, 0.1) is 12.8 Å². The van der Waals surface area contributed by atoms with Gasteiger partial charge in [0.15, 0.2) is 0 Å². The molecule has 1 amide bonds. The van der Waals surface area contributed by atoms with E-state index in [1.165, 1.54) is 6.92 Å². The summed E-state index contributed by atoms with van der Waals surface area (Å²) in [7, 11) is 0. The Kier molecular flexibility index (Phi) is 4.46. The molecule has 168 valence electrons. The van der Waals surface area contributed by atoms with Gasteiger partial charge in [0.25, 0.3) is 0 Å². The molecule has 1 saturated carbocycles. The Labute approximate surface area is 201 Å². The first kappa shape index (κ1) is 20.8. The van der Waals surface area contributed by atoms with Crippen LogP contribution in [-0.4, -0.2) is 34.1 Å². The summed E-state index contributed by atoms with van der Waals surface area (Å²) < 4.78 is 2.21. The molecule has 3 aliphatic rings. The number of amides is 1. The number of hydrogen-bond donors (Lipinski definition) is 3. The number of carbonyl (C=O) groups excluding carboxylic acids is 1. The third-order valence-corrected chi connectivity index (χ3v) is 9.00. The summed E-state index contributed by atoms with van der Waals surface area (Å²) in [6.07, 6.45) is 0.588. The number of carboxylic acid groups (broad SMARTS) is 1. The van der Waals surface area contributed by atoms with Crippen LogP contribution in [0.2, 0.25) is 0 Å². The molecule has 3 aromatic rings. The van der Waals surface area contributed by atoms with Gasteiger partial charge in [-0.15, -0.1) is 16.5 Å². The smallest absolute Gasteiger partial charge is 0.325 e. The molecule has 4 atom stereocenters. The summed E-state index contributed by atoms with van der Waals surface area (Å²) in [4.78, 5) is 25.1. The second kappa shape index (κ2) is 7.09. The fourth-order valence-corrected chi connectivity index (χ4v) is 7.21. The third kappa shape index (κ3) is 2.77. The molecular weight excluding hydrogens is 506 g/mol. The predicted octanol–water partition coefficient (Wildman–Crippen LogP) is 4.32. The Morgan fingerprint density at radius 3 is 2.91 bits per heavy atom. The van der Waals surface area contributed by atoms with Crippen molar-refractivity contribution in [1.82, 2.24) is 15.9 Å². The highest BCUT2D eigenvalue weighted by Crippen LogP contribution is 2.58. The van der Waals surface area contributed by atoms with Crippen LogP contribution in [0.15, 0.2) is 51.2 Å². The van der Waals surface area contributed by atoms with Gasteiger partial charge in [-0.2, -0.15) is 5.01 Å². The standard InChI is InChI=1S/C23H20BrN5O3S/c1-10-7-8-16-17-18(10)23(14-6-4-3-5-12(14)20(33-16)19(17)24)26-27-28-29(23)15-9-13(15)21(30)25-11(2)22(31)32/h3-8,11,13,15H,9H2,1-2H3,(H,25,30)(H,26,28)(H,31,32)/t11-,13?,15?,23?/m0/s1. The van der Waals surface area contributed by atoms with Gasteiger partial charge in [0.1, 0.15) is 6.04 Å². The maximum Gasteiger partial charge on any atom is 0.325 e. The maximum atomic E-state index is 12.8. The number of fused-ring (bicyclic) bond motifs is 5. The highest BCUT2D eigenvalue weighted by Gasteiger charge is 2.59. The molecule has 1 aromatic heterocycles. The molecule has 8 nitrogen and oxygen atoms in total. The number of carboxylic acids is 1. The van der Waals surface area contributed by atoms with Crippen molar-refractivity contribution >= 4 is 49.2 Å². The number of aliphatic carboxylic acids is 1. The minimum absolute atomic E-state index is 0.183. The van der Waals surface area contributed by atoms with Crippen LogP contribution in [-0.2, 0) is 15.3 Å². The van der Waals surface area contributed by atoms with Gasteiger partial charge < -0.3 is 10.4 Å². The quantitative estimate of drug-likeness (QED) is 0.470. The number of hydrogen-bond acceptors (Lipinski definition) is 7. The summed E-state index contributed by atoms with van der Waals surface area (Å²) >= 11 is 5.61. The number of halogens is 1. The molecule has 2 heterocycles. The molecule has 2 aromatic carbocycles. The van der Waals surface area contributed by atoms with Crippen LogP contribution >= 0.6 is 27.3 Å². The van der Waals surface area contributed by atoms with E-state index >= 15 is 0 Å². The van der Waals surface area contributed by atoms with Gasteiger partial charge in [-0.1, -0.05) is 35.6 Å². The molecule has 10 heteroatoms. The van der Waals surface area contributed by atoms with Crippen molar-refractivity contribution < 1.29 is 14.7 Å². The summed E-state index contributed by atoms with van der Waals surface area (Å²) in [6.45, 7) is 3.54. The van der Waals surface area contributed by atoms with Crippen LogP contribution in [0.4, 0.5) is 0 Å². The number of aryl methyl sites for hydroxylation is 1. The SMILES string of the molecule is Cc1ccc2sc3c(Br)c2c1C1(N=NNN1C1CC1C(=O)N[C@@H](C)C(=O)O)c1ccccc1-3. The number of nitrogens with zero attached hydrogens (tertiary/aromatic N) is 3. The summed E-state index contributed by atoms with van der Waals surface area (Å²) in [5, 5.41) is 23.9. The van der Waals surface area contributed by atoms with Crippen LogP contribution in [0.5, 0.6) is 0 Å². The monoisotopic (exact) mass is 525 g/mol. The largest absolute Gasteiger partial charge is 0.480 e. The zero-order valence-electron chi connectivity index (χ0n) is 17.8. The van der Waals surface area contributed by atoms with Crippen molar-refractivity contribution in [2.75, 3.05) is 0 Å². The fraction of sp³-hybridized carbons (Fsp3) is 0.304. The molecule has 1 fully saturated rings. The van der Waals surface area contributed by atoms with E-state index in [4.69, 9.17) is 10.2 Å². The van der Waals surface area contributed by atoms with Crippen molar-refractivity contribution in [3.8, 4) is 10.4 Å². The summed E-state index contributed by atoms with van der Waals surface area (Å²) in [6, 6.07) is 11.3. The van der Waals surface area contributed by atoms with E-state index < -0.39 is 17.7 Å². The van der Waals surface area contributed by atoms with E-state index in [9.17, 15) is 9.59 Å². The molecule has 0 saturated heterocycles. The van der Waals surface area contributed by atoms with Crippen molar-refractivity contribution in [1.29, 1.82) is 0 Å². The Morgan fingerprint density at radius 1 is 1.33 bits per heavy atom. The molecule has 2 bridgehead atoms. The van der Waals surface area contributed by atoms with Gasteiger partial charge in [0.05, 0.1) is 10.8 Å². The van der Waals surface area contributed by atoms with E-state index in [1.807, 2.05) is 17.1 Å². The Bertz CT molecular complexity index is 1390. The lowest BCUT2D eigenvalue weighted by atomic mass is 9.85. The molecule has 0 radical (unpaired) electrons. The van der Waals surface area contributed by atoms with Gasteiger partial charge in [0, 0.05) is 37.3 Å². The minimum Gasteiger partial charge on any atom is -0.480 e.